The lowest BCUT2D eigenvalue weighted by Crippen LogP contribution is -2.28. The molecule has 0 N–H and O–H groups in total. The summed E-state index contributed by atoms with van der Waals surface area (Å²) in [6.45, 7) is 0.313. The number of para-hydroxylation sites is 2. The Morgan fingerprint density at radius 3 is 2.54 bits per heavy atom. The van der Waals surface area contributed by atoms with E-state index in [1.165, 1.54) is 17.0 Å². The van der Waals surface area contributed by atoms with Crippen molar-refractivity contribution in [3.8, 4) is 11.5 Å². The highest BCUT2D eigenvalue weighted by atomic mass is 35.5. The van der Waals surface area contributed by atoms with Gasteiger partial charge in [0.05, 0.1) is 20.1 Å². The van der Waals surface area contributed by atoms with Gasteiger partial charge in [0, 0.05) is 24.2 Å². The third-order valence-electron chi connectivity index (χ3n) is 3.53. The predicted octanol–water partition coefficient (Wildman–Crippen LogP) is 3.92. The normalized spacial score (nSPS) is 10.3. The molecule has 0 spiro atoms. The van der Waals surface area contributed by atoms with Gasteiger partial charge in [-0.15, -0.1) is 0 Å². The summed E-state index contributed by atoms with van der Waals surface area (Å²) in [6.07, 6.45) is 0.167. The highest BCUT2D eigenvalue weighted by Gasteiger charge is 2.14. The zero-order valence-electron chi connectivity index (χ0n) is 13.6. The van der Waals surface area contributed by atoms with Crippen molar-refractivity contribution < 1.29 is 18.7 Å². The average molecular weight is 352 g/mol. The standard InChI is InChI=1S/C18H19ClFNO3/c1-21(12-13-14(19)6-5-7-15(13)20)18(22)10-11-24-17-9-4-3-8-16(17)23-2/h3-9H,10-12H2,1-2H3. The van der Waals surface area contributed by atoms with E-state index in [2.05, 4.69) is 0 Å². The first-order valence-corrected chi connectivity index (χ1v) is 7.83. The van der Waals surface area contributed by atoms with Crippen LogP contribution in [0.15, 0.2) is 42.5 Å². The molecule has 2 aromatic carbocycles. The zero-order valence-corrected chi connectivity index (χ0v) is 14.3. The fourth-order valence-corrected chi connectivity index (χ4v) is 2.41. The van der Waals surface area contributed by atoms with E-state index in [1.54, 1.807) is 32.4 Å². The quantitative estimate of drug-likeness (QED) is 0.759. The molecule has 24 heavy (non-hydrogen) atoms. The van der Waals surface area contributed by atoms with Crippen molar-refractivity contribution in [3.63, 3.8) is 0 Å². The largest absolute Gasteiger partial charge is 0.493 e. The summed E-state index contributed by atoms with van der Waals surface area (Å²) < 4.78 is 24.5. The van der Waals surface area contributed by atoms with Crippen LogP contribution in [-0.4, -0.2) is 31.6 Å². The molecule has 0 atom stereocenters. The van der Waals surface area contributed by atoms with Crippen molar-refractivity contribution in [1.29, 1.82) is 0 Å². The minimum Gasteiger partial charge on any atom is -0.493 e. The third-order valence-corrected chi connectivity index (χ3v) is 3.88. The molecule has 0 aliphatic carbocycles. The fourth-order valence-electron chi connectivity index (χ4n) is 2.19. The number of carbonyl (C=O) groups excluding carboxylic acids is 1. The Morgan fingerprint density at radius 1 is 1.17 bits per heavy atom. The topological polar surface area (TPSA) is 38.8 Å². The first-order valence-electron chi connectivity index (χ1n) is 7.45. The van der Waals surface area contributed by atoms with Crippen molar-refractivity contribution in [2.24, 2.45) is 0 Å². The lowest BCUT2D eigenvalue weighted by Gasteiger charge is -2.19. The SMILES string of the molecule is COc1ccccc1OCCC(=O)N(C)Cc1c(F)cccc1Cl. The Morgan fingerprint density at radius 2 is 1.88 bits per heavy atom. The number of rotatable bonds is 7. The number of hydrogen-bond acceptors (Lipinski definition) is 3. The minimum atomic E-state index is -0.424. The van der Waals surface area contributed by atoms with E-state index in [0.29, 0.717) is 22.1 Å². The summed E-state index contributed by atoms with van der Waals surface area (Å²) in [5.41, 5.74) is 0.306. The molecule has 0 aliphatic rings. The summed E-state index contributed by atoms with van der Waals surface area (Å²) in [5, 5.41) is 0.305. The Kier molecular flexibility index (Phi) is 6.44. The smallest absolute Gasteiger partial charge is 0.226 e. The van der Waals surface area contributed by atoms with Gasteiger partial charge in [0.1, 0.15) is 5.82 Å². The molecule has 0 aromatic heterocycles. The Bertz CT molecular complexity index is 688. The number of carbonyl (C=O) groups is 1. The van der Waals surface area contributed by atoms with Crippen LogP contribution in [-0.2, 0) is 11.3 Å². The van der Waals surface area contributed by atoms with Crippen LogP contribution in [0.4, 0.5) is 4.39 Å². The van der Waals surface area contributed by atoms with E-state index < -0.39 is 5.82 Å². The summed E-state index contributed by atoms with van der Waals surface area (Å²) >= 11 is 5.98. The Labute approximate surface area is 145 Å². The maximum absolute atomic E-state index is 13.8. The van der Waals surface area contributed by atoms with Gasteiger partial charge in [0.2, 0.25) is 5.91 Å². The van der Waals surface area contributed by atoms with E-state index in [4.69, 9.17) is 21.1 Å². The maximum atomic E-state index is 13.8. The first kappa shape index (κ1) is 18.1. The van der Waals surface area contributed by atoms with E-state index in [9.17, 15) is 9.18 Å². The van der Waals surface area contributed by atoms with Crippen LogP contribution in [0.1, 0.15) is 12.0 Å². The second-order valence-corrected chi connectivity index (χ2v) is 5.61. The molecule has 0 saturated carbocycles. The highest BCUT2D eigenvalue weighted by molar-refractivity contribution is 6.31. The molecular formula is C18H19ClFNO3. The lowest BCUT2D eigenvalue weighted by atomic mass is 10.2. The number of amides is 1. The predicted molar refractivity (Wildman–Crippen MR) is 91.0 cm³/mol. The first-order chi connectivity index (χ1) is 11.5. The van der Waals surface area contributed by atoms with Crippen molar-refractivity contribution >= 4 is 17.5 Å². The van der Waals surface area contributed by atoms with Gasteiger partial charge in [-0.2, -0.15) is 0 Å². The molecule has 0 unspecified atom stereocenters. The number of nitrogens with zero attached hydrogens (tertiary/aromatic N) is 1. The van der Waals surface area contributed by atoms with E-state index in [-0.39, 0.29) is 25.5 Å². The third kappa shape index (κ3) is 4.61. The van der Waals surface area contributed by atoms with Crippen molar-refractivity contribution in [1.82, 2.24) is 4.90 Å². The van der Waals surface area contributed by atoms with E-state index in [0.717, 1.165) is 0 Å². The molecule has 2 rings (SSSR count). The monoisotopic (exact) mass is 351 g/mol. The van der Waals surface area contributed by atoms with E-state index in [1.807, 2.05) is 12.1 Å². The minimum absolute atomic E-state index is 0.110. The van der Waals surface area contributed by atoms with Gasteiger partial charge in [-0.05, 0) is 24.3 Å². The molecule has 4 nitrogen and oxygen atoms in total. The van der Waals surface area contributed by atoms with Crippen LogP contribution < -0.4 is 9.47 Å². The van der Waals surface area contributed by atoms with Crippen LogP contribution in [0.2, 0.25) is 5.02 Å². The second kappa shape index (κ2) is 8.55. The molecule has 0 aliphatic heterocycles. The molecule has 0 radical (unpaired) electrons. The Balaban J connectivity index is 1.88. The van der Waals surface area contributed by atoms with Crippen LogP contribution in [0.5, 0.6) is 11.5 Å². The van der Waals surface area contributed by atoms with Crippen LogP contribution in [0.25, 0.3) is 0 Å². The number of hydrogen-bond donors (Lipinski definition) is 0. The Hall–Kier alpha value is -2.27. The van der Waals surface area contributed by atoms with Gasteiger partial charge in [-0.25, -0.2) is 4.39 Å². The molecule has 6 heteroatoms. The molecule has 0 heterocycles. The summed E-state index contributed by atoms with van der Waals surface area (Å²) in [7, 11) is 3.16. The van der Waals surface area contributed by atoms with Crippen LogP contribution in [0, 0.1) is 5.82 Å². The highest BCUT2D eigenvalue weighted by Crippen LogP contribution is 2.26. The molecule has 0 saturated heterocycles. The molecule has 128 valence electrons. The molecule has 2 aromatic rings. The molecular weight excluding hydrogens is 333 g/mol. The van der Waals surface area contributed by atoms with Crippen molar-refractivity contribution in [3.05, 3.63) is 58.9 Å². The molecule has 1 amide bonds. The summed E-state index contributed by atoms with van der Waals surface area (Å²) in [4.78, 5) is 13.6. The van der Waals surface area contributed by atoms with Crippen LogP contribution >= 0.6 is 11.6 Å². The van der Waals surface area contributed by atoms with Gasteiger partial charge in [-0.1, -0.05) is 29.8 Å². The van der Waals surface area contributed by atoms with Gasteiger partial charge in [0.25, 0.3) is 0 Å². The van der Waals surface area contributed by atoms with Gasteiger partial charge in [0.15, 0.2) is 11.5 Å². The number of halogens is 2. The van der Waals surface area contributed by atoms with Gasteiger partial charge < -0.3 is 14.4 Å². The van der Waals surface area contributed by atoms with Crippen molar-refractivity contribution in [2.75, 3.05) is 20.8 Å². The molecule has 0 bridgehead atoms. The lowest BCUT2D eigenvalue weighted by molar-refractivity contribution is -0.130. The number of benzene rings is 2. The van der Waals surface area contributed by atoms with Crippen LogP contribution in [0.3, 0.4) is 0 Å². The van der Waals surface area contributed by atoms with E-state index >= 15 is 0 Å². The molecule has 0 fully saturated rings. The number of ether oxygens (including phenoxy) is 2. The average Bonchev–Trinajstić information content (AvgIpc) is 2.58. The summed E-state index contributed by atoms with van der Waals surface area (Å²) in [6, 6.07) is 11.7. The van der Waals surface area contributed by atoms with Gasteiger partial charge >= 0.3 is 0 Å². The van der Waals surface area contributed by atoms with Crippen molar-refractivity contribution in [2.45, 2.75) is 13.0 Å². The maximum Gasteiger partial charge on any atom is 0.226 e. The van der Waals surface area contributed by atoms with Gasteiger partial charge in [-0.3, -0.25) is 4.79 Å². The fraction of sp³-hybridized carbons (Fsp3) is 0.278. The zero-order chi connectivity index (χ0) is 17.5. The summed E-state index contributed by atoms with van der Waals surface area (Å²) in [5.74, 6) is 0.598. The number of methoxy groups -OCH3 is 1. The second-order valence-electron chi connectivity index (χ2n) is 5.20.